The number of nitriles is 1. The summed E-state index contributed by atoms with van der Waals surface area (Å²) in [5.41, 5.74) is 1.07. The highest BCUT2D eigenvalue weighted by atomic mass is 32.2. The lowest BCUT2D eigenvalue weighted by Gasteiger charge is -2.09. The largest absolute Gasteiger partial charge is 0.380 e. The van der Waals surface area contributed by atoms with Crippen molar-refractivity contribution in [3.8, 4) is 6.07 Å². The van der Waals surface area contributed by atoms with Crippen LogP contribution < -0.4 is 0 Å². The summed E-state index contributed by atoms with van der Waals surface area (Å²) in [6.45, 7) is 6.10. The first-order valence-electron chi connectivity index (χ1n) is 7.20. The summed E-state index contributed by atoms with van der Waals surface area (Å²) in [4.78, 5) is 0. The molecule has 0 heterocycles. The minimum atomic E-state index is -3.29. The molecular formula is C16H21NO3S. The first kappa shape index (κ1) is 16.0. The Bertz CT molecular complexity index is 645. The van der Waals surface area contributed by atoms with Crippen molar-refractivity contribution >= 4 is 9.84 Å². The fourth-order valence-electron chi connectivity index (χ4n) is 2.97. The summed E-state index contributed by atoms with van der Waals surface area (Å²) in [6.07, 6.45) is 0. The molecule has 0 radical (unpaired) electrons. The van der Waals surface area contributed by atoms with Crippen molar-refractivity contribution < 1.29 is 13.2 Å². The van der Waals surface area contributed by atoms with Gasteiger partial charge in [-0.25, -0.2) is 8.42 Å². The van der Waals surface area contributed by atoms with Crippen LogP contribution in [0.5, 0.6) is 0 Å². The highest BCUT2D eigenvalue weighted by Crippen LogP contribution is 2.62. The van der Waals surface area contributed by atoms with E-state index in [9.17, 15) is 13.7 Å². The third-order valence-corrected chi connectivity index (χ3v) is 6.51. The number of hydrogen-bond acceptors (Lipinski definition) is 4. The fraction of sp³-hybridized carbons (Fsp3) is 0.562. The second kappa shape index (κ2) is 5.78. The van der Waals surface area contributed by atoms with Crippen molar-refractivity contribution in [2.45, 2.75) is 31.9 Å². The van der Waals surface area contributed by atoms with E-state index in [0.29, 0.717) is 6.61 Å². The van der Waals surface area contributed by atoms with Crippen molar-refractivity contribution in [3.63, 3.8) is 0 Å². The summed E-state index contributed by atoms with van der Waals surface area (Å²) < 4.78 is 30.1. The molecule has 5 heteroatoms. The molecule has 0 bridgehead atoms. The molecule has 1 fully saturated rings. The van der Waals surface area contributed by atoms with Crippen molar-refractivity contribution in [1.82, 2.24) is 0 Å². The first-order valence-corrected chi connectivity index (χ1v) is 8.91. The molecule has 0 spiro atoms. The first-order chi connectivity index (χ1) is 9.93. The van der Waals surface area contributed by atoms with E-state index in [2.05, 4.69) is 6.07 Å². The number of benzene rings is 1. The zero-order valence-corrected chi connectivity index (χ0v) is 13.5. The second-order valence-corrected chi connectivity index (χ2v) is 7.96. The number of rotatable bonds is 6. The fourth-order valence-corrected chi connectivity index (χ4v) is 4.97. The third kappa shape index (κ3) is 2.70. The molecule has 1 aromatic carbocycles. The van der Waals surface area contributed by atoms with Gasteiger partial charge in [-0.15, -0.1) is 0 Å². The molecule has 114 valence electrons. The lowest BCUT2D eigenvalue weighted by Crippen LogP contribution is -2.20. The minimum absolute atomic E-state index is 0.0512. The van der Waals surface area contributed by atoms with Crippen LogP contribution >= 0.6 is 0 Å². The third-order valence-electron chi connectivity index (χ3n) is 4.24. The number of hydrogen-bond donors (Lipinski definition) is 0. The summed E-state index contributed by atoms with van der Waals surface area (Å²) >= 11 is 0. The molecule has 0 amide bonds. The average molecular weight is 307 g/mol. The van der Waals surface area contributed by atoms with Crippen LogP contribution in [0.2, 0.25) is 0 Å². The Morgan fingerprint density at radius 3 is 2.38 bits per heavy atom. The van der Waals surface area contributed by atoms with Gasteiger partial charge in [-0.05, 0) is 19.4 Å². The van der Waals surface area contributed by atoms with Crippen molar-refractivity contribution in [1.29, 1.82) is 5.26 Å². The number of ether oxygens (including phenoxy) is 1. The van der Waals surface area contributed by atoms with E-state index >= 15 is 0 Å². The van der Waals surface area contributed by atoms with Gasteiger partial charge in [0, 0.05) is 18.3 Å². The summed E-state index contributed by atoms with van der Waals surface area (Å²) in [5, 5.41) is 8.95. The Hall–Kier alpha value is -1.38. The molecule has 1 aliphatic rings. The highest BCUT2D eigenvalue weighted by molar-refractivity contribution is 7.92. The Balaban J connectivity index is 2.42. The van der Waals surface area contributed by atoms with Crippen molar-refractivity contribution in [3.05, 3.63) is 35.4 Å². The Morgan fingerprint density at radius 2 is 1.90 bits per heavy atom. The van der Waals surface area contributed by atoms with Crippen LogP contribution in [0, 0.1) is 23.7 Å². The number of aryl methyl sites for hydroxylation is 1. The van der Waals surface area contributed by atoms with Gasteiger partial charge in [0.15, 0.2) is 9.84 Å². The van der Waals surface area contributed by atoms with Gasteiger partial charge in [0.25, 0.3) is 0 Å². The molecule has 0 aromatic heterocycles. The highest BCUT2D eigenvalue weighted by Gasteiger charge is 2.71. The molecule has 21 heavy (non-hydrogen) atoms. The van der Waals surface area contributed by atoms with Gasteiger partial charge in [-0.1, -0.05) is 36.8 Å². The molecule has 0 N–H and O–H groups in total. The van der Waals surface area contributed by atoms with E-state index in [4.69, 9.17) is 4.74 Å². The van der Waals surface area contributed by atoms with Gasteiger partial charge >= 0.3 is 0 Å². The van der Waals surface area contributed by atoms with Gasteiger partial charge in [0.2, 0.25) is 0 Å². The topological polar surface area (TPSA) is 67.2 Å². The van der Waals surface area contributed by atoms with Crippen LogP contribution in [0.4, 0.5) is 0 Å². The van der Waals surface area contributed by atoms with Crippen LogP contribution in [0.25, 0.3) is 0 Å². The molecule has 2 rings (SSSR count). The molecule has 0 saturated heterocycles. The van der Waals surface area contributed by atoms with Gasteiger partial charge < -0.3 is 4.74 Å². The molecule has 1 aliphatic carbocycles. The Kier molecular flexibility index (Phi) is 4.40. The molecule has 3 atom stereocenters. The maximum absolute atomic E-state index is 12.3. The van der Waals surface area contributed by atoms with Crippen LogP contribution in [0.1, 0.15) is 30.9 Å². The zero-order valence-electron chi connectivity index (χ0n) is 12.7. The Morgan fingerprint density at radius 1 is 1.29 bits per heavy atom. The standard InChI is InChI=1S/C16H21NO3S/c1-4-20-11-16(10-17)14(15(16)21(18,19)5-2)13-8-6-12(3)7-9-13/h6-9,14-15H,4-5,11H2,1-3H3/t14-,15+,16-/m1/s1. The van der Waals surface area contributed by atoms with Gasteiger partial charge in [0.05, 0.1) is 17.9 Å². The maximum Gasteiger partial charge on any atom is 0.155 e. The SMILES string of the molecule is CCOC[C@]1(C#N)[C@H](c2ccc(C)cc2)[C@@H]1S(=O)(=O)CC. The Labute approximate surface area is 126 Å². The smallest absolute Gasteiger partial charge is 0.155 e. The maximum atomic E-state index is 12.3. The lowest BCUT2D eigenvalue weighted by molar-refractivity contribution is 0.117. The quantitative estimate of drug-likeness (QED) is 0.809. The number of nitrogens with zero attached hydrogens (tertiary/aromatic N) is 1. The van der Waals surface area contributed by atoms with Crippen LogP contribution in [0.3, 0.4) is 0 Å². The van der Waals surface area contributed by atoms with Gasteiger partial charge in [-0.3, -0.25) is 0 Å². The average Bonchev–Trinajstić information content (AvgIpc) is 3.16. The predicted octanol–water partition coefficient (Wildman–Crippen LogP) is 2.44. The van der Waals surface area contributed by atoms with E-state index in [1.165, 1.54) is 0 Å². The lowest BCUT2D eigenvalue weighted by atomic mass is 10.0. The van der Waals surface area contributed by atoms with Crippen molar-refractivity contribution in [2.24, 2.45) is 5.41 Å². The molecule has 0 aliphatic heterocycles. The molecular weight excluding hydrogens is 286 g/mol. The van der Waals surface area contributed by atoms with E-state index in [-0.39, 0.29) is 18.3 Å². The predicted molar refractivity (Wildman–Crippen MR) is 81.7 cm³/mol. The van der Waals surface area contributed by atoms with Crippen LogP contribution in [0.15, 0.2) is 24.3 Å². The summed E-state index contributed by atoms with van der Waals surface area (Å²) in [6, 6.07) is 9.98. The minimum Gasteiger partial charge on any atom is -0.380 e. The van der Waals surface area contributed by atoms with E-state index in [1.807, 2.05) is 38.1 Å². The van der Waals surface area contributed by atoms with E-state index < -0.39 is 20.5 Å². The monoisotopic (exact) mass is 307 g/mol. The van der Waals surface area contributed by atoms with Gasteiger partial charge in [-0.2, -0.15) is 5.26 Å². The molecule has 1 aromatic rings. The number of sulfone groups is 1. The molecule has 0 unspecified atom stereocenters. The summed E-state index contributed by atoms with van der Waals surface area (Å²) in [5.74, 6) is -0.241. The van der Waals surface area contributed by atoms with E-state index in [1.54, 1.807) is 6.92 Å². The molecule has 1 saturated carbocycles. The van der Waals surface area contributed by atoms with Crippen LogP contribution in [-0.2, 0) is 14.6 Å². The van der Waals surface area contributed by atoms with E-state index in [0.717, 1.165) is 11.1 Å². The molecule has 4 nitrogen and oxygen atoms in total. The van der Waals surface area contributed by atoms with Crippen LogP contribution in [-0.4, -0.2) is 32.6 Å². The zero-order chi connectivity index (χ0) is 15.7. The van der Waals surface area contributed by atoms with Gasteiger partial charge in [0.1, 0.15) is 5.41 Å². The second-order valence-electron chi connectivity index (χ2n) is 5.55. The normalized spacial score (nSPS) is 28.1. The van der Waals surface area contributed by atoms with Crippen molar-refractivity contribution in [2.75, 3.05) is 19.0 Å². The summed E-state index contributed by atoms with van der Waals surface area (Å²) in [7, 11) is -3.29.